The smallest absolute Gasteiger partial charge is 0.265 e. The van der Waals surface area contributed by atoms with Gasteiger partial charge >= 0.3 is 0 Å². The van der Waals surface area contributed by atoms with Crippen molar-refractivity contribution in [2.24, 2.45) is 4.99 Å². The lowest BCUT2D eigenvalue weighted by molar-refractivity contribution is -0.121. The molecule has 8 heteroatoms. The molecule has 1 aliphatic rings. The molecule has 0 saturated carbocycles. The topological polar surface area (TPSA) is 75.2 Å². The van der Waals surface area contributed by atoms with Crippen molar-refractivity contribution >= 4 is 41.5 Å². The number of amides is 1. The van der Waals surface area contributed by atoms with Gasteiger partial charge in [-0.3, -0.25) is 9.79 Å². The SMILES string of the molecule is CCNC(=NCCCN1C(=O)COc2ccccc21)NCCOCc1ccccc1.I. The molecule has 168 valence electrons. The van der Waals surface area contributed by atoms with Crippen LogP contribution in [0.5, 0.6) is 5.75 Å². The second kappa shape index (κ2) is 13.9. The molecular weight excluding hydrogens is 507 g/mol. The molecule has 2 N–H and O–H groups in total. The first-order valence-corrected chi connectivity index (χ1v) is 10.4. The van der Waals surface area contributed by atoms with Crippen molar-refractivity contribution in [2.45, 2.75) is 20.0 Å². The van der Waals surface area contributed by atoms with Gasteiger partial charge in [-0.05, 0) is 31.0 Å². The number of hydrogen-bond acceptors (Lipinski definition) is 4. The lowest BCUT2D eigenvalue weighted by atomic mass is 10.2. The van der Waals surface area contributed by atoms with Gasteiger partial charge in [0.1, 0.15) is 5.75 Å². The summed E-state index contributed by atoms with van der Waals surface area (Å²) in [5, 5.41) is 6.52. The van der Waals surface area contributed by atoms with Crippen LogP contribution in [0.15, 0.2) is 59.6 Å². The van der Waals surface area contributed by atoms with Crippen molar-refractivity contribution in [3.05, 3.63) is 60.2 Å². The van der Waals surface area contributed by atoms with E-state index in [0.717, 1.165) is 35.9 Å². The Morgan fingerprint density at radius 2 is 1.90 bits per heavy atom. The number of ether oxygens (including phenoxy) is 2. The first-order chi connectivity index (χ1) is 14.8. The third-order valence-corrected chi connectivity index (χ3v) is 4.61. The summed E-state index contributed by atoms with van der Waals surface area (Å²) in [5.74, 6) is 1.50. The first-order valence-electron chi connectivity index (χ1n) is 10.4. The van der Waals surface area contributed by atoms with Crippen LogP contribution in [-0.2, 0) is 16.1 Å². The predicted octanol–water partition coefficient (Wildman–Crippen LogP) is 3.19. The Morgan fingerprint density at radius 3 is 2.71 bits per heavy atom. The Kier molecular flexibility index (Phi) is 11.2. The van der Waals surface area contributed by atoms with E-state index in [1.165, 1.54) is 0 Å². The summed E-state index contributed by atoms with van der Waals surface area (Å²) in [7, 11) is 0. The van der Waals surface area contributed by atoms with E-state index in [1.807, 2.05) is 49.4 Å². The maximum atomic E-state index is 12.2. The molecule has 0 atom stereocenters. The zero-order valence-corrected chi connectivity index (χ0v) is 20.2. The summed E-state index contributed by atoms with van der Waals surface area (Å²) in [5.41, 5.74) is 2.00. The highest BCUT2D eigenvalue weighted by Gasteiger charge is 2.24. The Hall–Kier alpha value is -2.33. The molecule has 0 aliphatic carbocycles. The maximum Gasteiger partial charge on any atom is 0.265 e. The highest BCUT2D eigenvalue weighted by molar-refractivity contribution is 14.0. The minimum atomic E-state index is -0.0155. The molecule has 0 aromatic heterocycles. The molecule has 0 saturated heterocycles. The number of carbonyl (C=O) groups excluding carboxylic acids is 1. The fourth-order valence-electron chi connectivity index (χ4n) is 3.17. The van der Waals surface area contributed by atoms with E-state index in [9.17, 15) is 4.79 Å². The summed E-state index contributed by atoms with van der Waals surface area (Å²) in [6.07, 6.45) is 0.765. The quantitative estimate of drug-likeness (QED) is 0.211. The van der Waals surface area contributed by atoms with Crippen molar-refractivity contribution in [2.75, 3.05) is 44.3 Å². The number of benzene rings is 2. The van der Waals surface area contributed by atoms with Gasteiger partial charge in [0.25, 0.3) is 5.91 Å². The van der Waals surface area contributed by atoms with Gasteiger partial charge < -0.3 is 25.0 Å². The van der Waals surface area contributed by atoms with Crippen LogP contribution in [0.2, 0.25) is 0 Å². The number of rotatable bonds is 10. The molecule has 3 rings (SSSR count). The highest BCUT2D eigenvalue weighted by Crippen LogP contribution is 2.31. The fraction of sp³-hybridized carbons (Fsp3) is 0.391. The molecule has 0 fully saturated rings. The summed E-state index contributed by atoms with van der Waals surface area (Å²) < 4.78 is 11.2. The van der Waals surface area contributed by atoms with Gasteiger partial charge in [-0.1, -0.05) is 42.5 Å². The number of aliphatic imine (C=N–C) groups is 1. The van der Waals surface area contributed by atoms with Gasteiger partial charge in [0, 0.05) is 26.2 Å². The van der Waals surface area contributed by atoms with Gasteiger partial charge in [-0.25, -0.2) is 0 Å². The van der Waals surface area contributed by atoms with Crippen LogP contribution in [0.3, 0.4) is 0 Å². The minimum Gasteiger partial charge on any atom is -0.482 e. The lowest BCUT2D eigenvalue weighted by Gasteiger charge is -2.29. The largest absolute Gasteiger partial charge is 0.482 e. The Labute approximate surface area is 201 Å². The van der Waals surface area contributed by atoms with Crippen LogP contribution in [0.1, 0.15) is 18.9 Å². The number of halogens is 1. The minimum absolute atomic E-state index is 0. The average Bonchev–Trinajstić information content (AvgIpc) is 2.78. The molecule has 2 aromatic rings. The van der Waals surface area contributed by atoms with Crippen molar-refractivity contribution < 1.29 is 14.3 Å². The standard InChI is InChI=1S/C23H30N4O3.HI/c1-2-24-23(26-14-16-29-17-19-9-4-3-5-10-19)25-13-8-15-27-20-11-6-7-12-21(20)30-18-22(27)28;/h3-7,9-12H,2,8,13-18H2,1H3,(H2,24,25,26);1H. The van der Waals surface area contributed by atoms with Crippen LogP contribution < -0.4 is 20.3 Å². The van der Waals surface area contributed by atoms with Gasteiger partial charge in [0.05, 0.1) is 18.9 Å². The normalized spacial score (nSPS) is 13.1. The molecule has 1 heterocycles. The number of carbonyl (C=O) groups is 1. The number of anilines is 1. The van der Waals surface area contributed by atoms with Gasteiger partial charge in [-0.15, -0.1) is 24.0 Å². The highest BCUT2D eigenvalue weighted by atomic mass is 127. The predicted molar refractivity (Wildman–Crippen MR) is 134 cm³/mol. The molecule has 0 radical (unpaired) electrons. The van der Waals surface area contributed by atoms with Crippen LogP contribution in [-0.4, -0.2) is 51.3 Å². The number of para-hydroxylation sites is 2. The molecule has 2 aromatic carbocycles. The third kappa shape index (κ3) is 8.02. The van der Waals surface area contributed by atoms with E-state index in [2.05, 4.69) is 27.8 Å². The molecule has 1 amide bonds. The zero-order chi connectivity index (χ0) is 21.0. The van der Waals surface area contributed by atoms with Crippen molar-refractivity contribution in [1.29, 1.82) is 0 Å². The summed E-state index contributed by atoms with van der Waals surface area (Å²) in [6, 6.07) is 17.8. The Morgan fingerprint density at radius 1 is 1.13 bits per heavy atom. The third-order valence-electron chi connectivity index (χ3n) is 4.61. The average molecular weight is 538 g/mol. The summed E-state index contributed by atoms with van der Waals surface area (Å²) in [4.78, 5) is 18.6. The number of fused-ring (bicyclic) bond motifs is 1. The molecule has 7 nitrogen and oxygen atoms in total. The van der Waals surface area contributed by atoms with E-state index in [0.29, 0.717) is 32.8 Å². The van der Waals surface area contributed by atoms with E-state index < -0.39 is 0 Å². The number of nitrogens with one attached hydrogen (secondary N) is 2. The van der Waals surface area contributed by atoms with Gasteiger partial charge in [0.15, 0.2) is 12.6 Å². The summed E-state index contributed by atoms with van der Waals surface area (Å²) in [6.45, 7) is 6.01. The molecule has 31 heavy (non-hydrogen) atoms. The van der Waals surface area contributed by atoms with Crippen molar-refractivity contribution in [1.82, 2.24) is 10.6 Å². The number of nitrogens with zero attached hydrogens (tertiary/aromatic N) is 2. The van der Waals surface area contributed by atoms with Crippen LogP contribution in [0.4, 0.5) is 5.69 Å². The summed E-state index contributed by atoms with van der Waals surface area (Å²) >= 11 is 0. The molecule has 1 aliphatic heterocycles. The van der Waals surface area contributed by atoms with Crippen LogP contribution >= 0.6 is 24.0 Å². The van der Waals surface area contributed by atoms with Gasteiger partial charge in [0.2, 0.25) is 0 Å². The van der Waals surface area contributed by atoms with Crippen LogP contribution in [0.25, 0.3) is 0 Å². The van der Waals surface area contributed by atoms with Crippen molar-refractivity contribution in [3.63, 3.8) is 0 Å². The second-order valence-electron chi connectivity index (χ2n) is 6.88. The molecule has 0 bridgehead atoms. The Bertz CT molecular complexity index is 833. The monoisotopic (exact) mass is 538 g/mol. The molecular formula is C23H31IN4O3. The second-order valence-corrected chi connectivity index (χ2v) is 6.88. The molecule has 0 spiro atoms. The zero-order valence-electron chi connectivity index (χ0n) is 17.9. The number of guanidine groups is 1. The first kappa shape index (κ1) is 24.9. The van der Waals surface area contributed by atoms with Crippen LogP contribution in [0, 0.1) is 0 Å². The lowest BCUT2D eigenvalue weighted by Crippen LogP contribution is -2.40. The molecule has 0 unspecified atom stereocenters. The van der Waals surface area contributed by atoms with Crippen molar-refractivity contribution in [3.8, 4) is 5.75 Å². The fourth-order valence-corrected chi connectivity index (χ4v) is 3.17. The van der Waals surface area contributed by atoms with E-state index >= 15 is 0 Å². The van der Waals surface area contributed by atoms with E-state index in [1.54, 1.807) is 4.90 Å². The van der Waals surface area contributed by atoms with E-state index in [4.69, 9.17) is 9.47 Å². The maximum absolute atomic E-state index is 12.2. The van der Waals surface area contributed by atoms with Gasteiger partial charge in [-0.2, -0.15) is 0 Å². The Balaban J connectivity index is 0.00000341. The van der Waals surface area contributed by atoms with E-state index in [-0.39, 0.29) is 36.5 Å². The number of hydrogen-bond donors (Lipinski definition) is 2.